The summed E-state index contributed by atoms with van der Waals surface area (Å²) in [6, 6.07) is 19.4. The molecular weight excluding hydrogens is 437 g/mol. The molecular formula is C24H17Cl2NO4. The lowest BCUT2D eigenvalue weighted by Crippen LogP contribution is -2.07. The quantitative estimate of drug-likeness (QED) is 0.320. The number of carbonyl (C=O) groups excluding carboxylic acids is 1. The van der Waals surface area contributed by atoms with Gasteiger partial charge in [0.05, 0.1) is 10.0 Å². The van der Waals surface area contributed by atoms with Crippen molar-refractivity contribution in [3.8, 4) is 22.6 Å². The van der Waals surface area contributed by atoms with Crippen LogP contribution >= 0.6 is 23.2 Å². The average Bonchev–Trinajstić information content (AvgIpc) is 3.42. The van der Waals surface area contributed by atoms with Gasteiger partial charge in [-0.2, -0.15) is 0 Å². The van der Waals surface area contributed by atoms with E-state index in [0.717, 1.165) is 5.56 Å². The maximum atomic E-state index is 12.3. The summed E-state index contributed by atoms with van der Waals surface area (Å²) in [6.45, 7) is -0.187. The summed E-state index contributed by atoms with van der Waals surface area (Å²) in [5.41, 5.74) is 1.98. The fourth-order valence-corrected chi connectivity index (χ4v) is 3.49. The van der Waals surface area contributed by atoms with Gasteiger partial charge in [-0.15, -0.1) is 0 Å². The molecule has 0 unspecified atom stereocenters. The second kappa shape index (κ2) is 9.27. The van der Waals surface area contributed by atoms with Gasteiger partial charge in [0, 0.05) is 22.9 Å². The predicted octanol–water partition coefficient (Wildman–Crippen LogP) is 6.66. The van der Waals surface area contributed by atoms with E-state index in [9.17, 15) is 4.79 Å². The Hall–Kier alpha value is -3.25. The van der Waals surface area contributed by atoms with Crippen LogP contribution in [-0.2, 0) is 11.4 Å². The first-order valence-electron chi connectivity index (χ1n) is 9.37. The number of benzene rings is 2. The molecule has 1 amide bonds. The molecule has 2 aromatic heterocycles. The molecule has 0 bridgehead atoms. The number of hydrogen-bond acceptors (Lipinski definition) is 4. The van der Waals surface area contributed by atoms with Crippen LogP contribution in [0.2, 0.25) is 10.0 Å². The Kier molecular flexibility index (Phi) is 6.28. The Morgan fingerprint density at radius 3 is 2.39 bits per heavy atom. The van der Waals surface area contributed by atoms with Gasteiger partial charge in [-0.05, 0) is 60.7 Å². The zero-order chi connectivity index (χ0) is 21.8. The number of rotatable bonds is 6. The van der Waals surface area contributed by atoms with Gasteiger partial charge in [-0.1, -0.05) is 35.3 Å². The molecule has 2 N–H and O–H groups in total. The minimum Gasteiger partial charge on any atom is -0.459 e. The first-order valence-corrected chi connectivity index (χ1v) is 10.1. The fraction of sp³-hybridized carbons (Fsp3) is 0.0417. The van der Waals surface area contributed by atoms with Gasteiger partial charge in [0.15, 0.2) is 0 Å². The van der Waals surface area contributed by atoms with Crippen molar-refractivity contribution in [2.24, 2.45) is 0 Å². The third-order valence-corrected chi connectivity index (χ3v) is 5.13. The minimum absolute atomic E-state index is 0.187. The maximum absolute atomic E-state index is 12.3. The number of aliphatic hydroxyl groups is 1. The molecule has 7 heteroatoms. The molecule has 5 nitrogen and oxygen atoms in total. The van der Waals surface area contributed by atoms with Crippen molar-refractivity contribution in [3.05, 3.63) is 94.4 Å². The number of amides is 1. The third kappa shape index (κ3) is 4.91. The molecule has 2 heterocycles. The van der Waals surface area contributed by atoms with Gasteiger partial charge >= 0.3 is 0 Å². The van der Waals surface area contributed by atoms with E-state index >= 15 is 0 Å². The molecule has 0 spiro atoms. The molecule has 31 heavy (non-hydrogen) atoms. The number of furan rings is 2. The molecule has 0 radical (unpaired) electrons. The Labute approximate surface area is 188 Å². The van der Waals surface area contributed by atoms with Crippen molar-refractivity contribution in [2.45, 2.75) is 6.61 Å². The van der Waals surface area contributed by atoms with E-state index in [0.29, 0.717) is 44.3 Å². The highest BCUT2D eigenvalue weighted by Gasteiger charge is 2.10. The van der Waals surface area contributed by atoms with Crippen molar-refractivity contribution < 1.29 is 18.7 Å². The van der Waals surface area contributed by atoms with Gasteiger partial charge in [-0.25, -0.2) is 0 Å². The normalized spacial score (nSPS) is 11.2. The Morgan fingerprint density at radius 2 is 1.65 bits per heavy atom. The van der Waals surface area contributed by atoms with Gasteiger partial charge in [0.2, 0.25) is 5.91 Å². The molecule has 0 aliphatic rings. The van der Waals surface area contributed by atoms with Crippen molar-refractivity contribution in [3.63, 3.8) is 0 Å². The number of carbonyl (C=O) groups is 1. The Bertz CT molecular complexity index is 1260. The van der Waals surface area contributed by atoms with Crippen LogP contribution in [-0.4, -0.2) is 11.0 Å². The van der Waals surface area contributed by atoms with Crippen molar-refractivity contribution >= 4 is 40.9 Å². The summed E-state index contributed by atoms with van der Waals surface area (Å²) in [4.78, 5) is 12.3. The first kappa shape index (κ1) is 21.0. The largest absolute Gasteiger partial charge is 0.459 e. The lowest BCUT2D eigenvalue weighted by Gasteiger charge is -2.06. The Balaban J connectivity index is 1.42. The molecule has 4 rings (SSSR count). The number of hydrogen-bond donors (Lipinski definition) is 2. The standard InChI is InChI=1S/C24H17Cl2NO4/c25-20-4-2-1-3-18(20)22-10-6-16(30-22)8-12-24(29)27-15-5-9-19(21(26)13-15)23-11-7-17(14-28)31-23/h1-13,28H,14H2,(H,27,29)/b12-8+. The molecule has 0 aliphatic heterocycles. The number of aliphatic hydroxyl groups excluding tert-OH is 1. The van der Waals surface area contributed by atoms with E-state index in [1.165, 1.54) is 6.08 Å². The van der Waals surface area contributed by atoms with Crippen LogP contribution in [0.5, 0.6) is 0 Å². The highest BCUT2D eigenvalue weighted by Crippen LogP contribution is 2.32. The van der Waals surface area contributed by atoms with Crippen LogP contribution < -0.4 is 5.32 Å². The van der Waals surface area contributed by atoms with Crippen molar-refractivity contribution in [1.29, 1.82) is 0 Å². The van der Waals surface area contributed by atoms with E-state index < -0.39 is 0 Å². The van der Waals surface area contributed by atoms with Gasteiger partial charge in [0.25, 0.3) is 0 Å². The van der Waals surface area contributed by atoms with E-state index in [1.54, 1.807) is 54.6 Å². The molecule has 4 aromatic rings. The molecule has 0 atom stereocenters. The fourth-order valence-electron chi connectivity index (χ4n) is 2.99. The van der Waals surface area contributed by atoms with Gasteiger partial charge in [-0.3, -0.25) is 4.79 Å². The third-order valence-electron chi connectivity index (χ3n) is 4.48. The zero-order valence-electron chi connectivity index (χ0n) is 16.1. The van der Waals surface area contributed by atoms with Crippen LogP contribution in [0.25, 0.3) is 28.7 Å². The first-order chi connectivity index (χ1) is 15.0. The van der Waals surface area contributed by atoms with Crippen molar-refractivity contribution in [2.75, 3.05) is 5.32 Å². The molecule has 0 saturated carbocycles. The zero-order valence-corrected chi connectivity index (χ0v) is 17.7. The second-order valence-corrected chi connectivity index (χ2v) is 7.44. The van der Waals surface area contributed by atoms with E-state index in [4.69, 9.17) is 37.1 Å². The maximum Gasteiger partial charge on any atom is 0.248 e. The smallest absolute Gasteiger partial charge is 0.248 e. The van der Waals surface area contributed by atoms with Gasteiger partial charge < -0.3 is 19.3 Å². The lowest BCUT2D eigenvalue weighted by atomic mass is 10.1. The molecule has 0 fully saturated rings. The van der Waals surface area contributed by atoms with E-state index in [-0.39, 0.29) is 12.5 Å². The SMILES string of the molecule is O=C(/C=C/c1ccc(-c2ccccc2Cl)o1)Nc1ccc(-c2ccc(CO)o2)c(Cl)c1. The number of halogens is 2. The summed E-state index contributed by atoms with van der Waals surface area (Å²) < 4.78 is 11.2. The second-order valence-electron chi connectivity index (χ2n) is 6.62. The molecule has 2 aromatic carbocycles. The summed E-state index contributed by atoms with van der Waals surface area (Å²) in [5, 5.41) is 12.9. The van der Waals surface area contributed by atoms with Crippen LogP contribution in [0, 0.1) is 0 Å². The highest BCUT2D eigenvalue weighted by molar-refractivity contribution is 6.33. The minimum atomic E-state index is -0.333. The summed E-state index contributed by atoms with van der Waals surface area (Å²) in [7, 11) is 0. The van der Waals surface area contributed by atoms with Crippen molar-refractivity contribution in [1.82, 2.24) is 0 Å². The highest BCUT2D eigenvalue weighted by atomic mass is 35.5. The topological polar surface area (TPSA) is 75.6 Å². The summed E-state index contributed by atoms with van der Waals surface area (Å²) in [5.74, 6) is 1.80. The molecule has 0 aliphatic carbocycles. The number of anilines is 1. The predicted molar refractivity (Wildman–Crippen MR) is 122 cm³/mol. The van der Waals surface area contributed by atoms with Crippen LogP contribution in [0.4, 0.5) is 5.69 Å². The van der Waals surface area contributed by atoms with E-state index in [1.807, 2.05) is 18.2 Å². The molecule has 0 saturated heterocycles. The van der Waals surface area contributed by atoms with E-state index in [2.05, 4.69) is 5.32 Å². The monoisotopic (exact) mass is 453 g/mol. The Morgan fingerprint density at radius 1 is 0.903 bits per heavy atom. The van der Waals surface area contributed by atoms with Crippen LogP contribution in [0.3, 0.4) is 0 Å². The van der Waals surface area contributed by atoms with Crippen LogP contribution in [0.15, 0.2) is 81.6 Å². The average molecular weight is 454 g/mol. The number of nitrogens with one attached hydrogen (secondary N) is 1. The lowest BCUT2D eigenvalue weighted by molar-refractivity contribution is -0.111. The molecule has 156 valence electrons. The van der Waals surface area contributed by atoms with Crippen LogP contribution in [0.1, 0.15) is 11.5 Å². The van der Waals surface area contributed by atoms with Gasteiger partial charge in [0.1, 0.15) is 29.6 Å². The summed E-state index contributed by atoms with van der Waals surface area (Å²) >= 11 is 12.5. The summed E-state index contributed by atoms with van der Waals surface area (Å²) in [6.07, 6.45) is 2.95.